The zero-order valence-electron chi connectivity index (χ0n) is 12.5. The number of hydrogen-bond acceptors (Lipinski definition) is 2. The summed E-state index contributed by atoms with van der Waals surface area (Å²) in [5.41, 5.74) is 2.68. The molecule has 22 heavy (non-hydrogen) atoms. The molecule has 1 heterocycles. The summed E-state index contributed by atoms with van der Waals surface area (Å²) < 4.78 is 6.10. The third kappa shape index (κ3) is 2.73. The Hall–Kier alpha value is -2.61. The van der Waals surface area contributed by atoms with Crippen molar-refractivity contribution in [1.29, 1.82) is 0 Å². The highest BCUT2D eigenvalue weighted by molar-refractivity contribution is 5.90. The Balaban J connectivity index is 2.07. The van der Waals surface area contributed by atoms with Crippen LogP contribution in [0, 0.1) is 5.92 Å². The Morgan fingerprint density at radius 1 is 0.955 bits per heavy atom. The molecular weight excluding hydrogens is 272 g/mol. The van der Waals surface area contributed by atoms with Gasteiger partial charge in [-0.1, -0.05) is 67.6 Å². The molecule has 0 spiro atoms. The van der Waals surface area contributed by atoms with Gasteiger partial charge in [0.1, 0.15) is 17.8 Å². The molecule has 2 nitrogen and oxygen atoms in total. The first-order chi connectivity index (χ1) is 10.8. The lowest BCUT2D eigenvalue weighted by molar-refractivity contribution is -0.105. The first-order valence-electron chi connectivity index (χ1n) is 7.53. The van der Waals surface area contributed by atoms with Gasteiger partial charge in [0.15, 0.2) is 0 Å². The van der Waals surface area contributed by atoms with E-state index in [2.05, 4.69) is 6.92 Å². The molecule has 0 fully saturated rings. The highest BCUT2D eigenvalue weighted by atomic mass is 16.5. The van der Waals surface area contributed by atoms with Gasteiger partial charge in [-0.3, -0.25) is 4.79 Å². The van der Waals surface area contributed by atoms with Crippen LogP contribution in [0.1, 0.15) is 24.5 Å². The Bertz CT molecular complexity index is 712. The maximum atomic E-state index is 11.6. The minimum atomic E-state index is 0.0802. The molecule has 1 atom stereocenters. The quantitative estimate of drug-likeness (QED) is 0.763. The fourth-order valence-electron chi connectivity index (χ4n) is 2.70. The molecule has 110 valence electrons. The second kappa shape index (κ2) is 6.44. The van der Waals surface area contributed by atoms with Crippen molar-refractivity contribution in [2.24, 2.45) is 5.92 Å². The maximum absolute atomic E-state index is 11.6. The molecule has 1 unspecified atom stereocenters. The molecule has 0 bridgehead atoms. The predicted octanol–water partition coefficient (Wildman–Crippen LogP) is 4.69. The van der Waals surface area contributed by atoms with Gasteiger partial charge in [0.05, 0.1) is 0 Å². The van der Waals surface area contributed by atoms with Crippen molar-refractivity contribution in [3.63, 3.8) is 0 Å². The van der Waals surface area contributed by atoms with E-state index >= 15 is 0 Å². The largest absolute Gasteiger partial charge is 0.456 e. The number of benzene rings is 2. The Kier molecular flexibility index (Phi) is 4.19. The van der Waals surface area contributed by atoms with Crippen molar-refractivity contribution in [3.8, 4) is 0 Å². The molecule has 0 aromatic heterocycles. The minimum Gasteiger partial charge on any atom is -0.456 e. The van der Waals surface area contributed by atoms with Gasteiger partial charge in [-0.15, -0.1) is 0 Å². The smallest absolute Gasteiger partial charge is 0.150 e. The molecule has 0 saturated heterocycles. The zero-order chi connectivity index (χ0) is 15.4. The average molecular weight is 290 g/mol. The Morgan fingerprint density at radius 3 is 2.09 bits per heavy atom. The maximum Gasteiger partial charge on any atom is 0.150 e. The van der Waals surface area contributed by atoms with E-state index < -0.39 is 0 Å². The van der Waals surface area contributed by atoms with Gasteiger partial charge in [0, 0.05) is 22.6 Å². The molecule has 0 aliphatic carbocycles. The van der Waals surface area contributed by atoms with Gasteiger partial charge in [-0.25, -0.2) is 0 Å². The topological polar surface area (TPSA) is 26.3 Å². The summed E-state index contributed by atoms with van der Waals surface area (Å²) in [6.45, 7) is 2.08. The number of ether oxygens (including phenoxy) is 1. The fraction of sp³-hybridized carbons (Fsp3) is 0.150. The van der Waals surface area contributed by atoms with Crippen LogP contribution in [0.3, 0.4) is 0 Å². The lowest BCUT2D eigenvalue weighted by Gasteiger charge is -2.25. The molecule has 2 aromatic rings. The molecule has 2 heteroatoms. The van der Waals surface area contributed by atoms with Gasteiger partial charge in [0.2, 0.25) is 0 Å². The van der Waals surface area contributed by atoms with Gasteiger partial charge < -0.3 is 4.74 Å². The first-order valence-corrected chi connectivity index (χ1v) is 7.53. The number of allylic oxidation sites excluding steroid dienone is 2. The Morgan fingerprint density at radius 2 is 1.55 bits per heavy atom. The normalized spacial score (nSPS) is 17.7. The van der Waals surface area contributed by atoms with Crippen LogP contribution in [-0.4, -0.2) is 6.29 Å². The molecular formula is C20H18O2. The van der Waals surface area contributed by atoms with Crippen LogP contribution >= 0.6 is 0 Å². The molecule has 0 saturated carbocycles. The SMILES string of the molecule is CCC1C=C(c2ccccc2)OC(c2ccccc2)=C1C=O. The third-order valence-electron chi connectivity index (χ3n) is 3.89. The van der Waals surface area contributed by atoms with Crippen LogP contribution in [0.25, 0.3) is 11.5 Å². The number of rotatable bonds is 4. The van der Waals surface area contributed by atoms with E-state index in [1.807, 2.05) is 66.7 Å². The Labute approximate surface area is 130 Å². The van der Waals surface area contributed by atoms with Gasteiger partial charge in [-0.05, 0) is 12.5 Å². The van der Waals surface area contributed by atoms with Gasteiger partial charge >= 0.3 is 0 Å². The number of carbonyl (C=O) groups is 1. The van der Waals surface area contributed by atoms with Crippen LogP contribution in [0.5, 0.6) is 0 Å². The molecule has 1 aliphatic rings. The molecule has 1 aliphatic heterocycles. The van der Waals surface area contributed by atoms with Crippen molar-refractivity contribution in [2.45, 2.75) is 13.3 Å². The predicted molar refractivity (Wildman–Crippen MR) is 88.7 cm³/mol. The summed E-state index contributed by atoms with van der Waals surface area (Å²) in [6, 6.07) is 19.8. The highest BCUT2D eigenvalue weighted by Crippen LogP contribution is 2.37. The number of carbonyl (C=O) groups excluding carboxylic acids is 1. The van der Waals surface area contributed by atoms with Crippen LogP contribution in [0.2, 0.25) is 0 Å². The zero-order valence-corrected chi connectivity index (χ0v) is 12.5. The van der Waals surface area contributed by atoms with Crippen LogP contribution < -0.4 is 0 Å². The average Bonchev–Trinajstić information content (AvgIpc) is 2.62. The van der Waals surface area contributed by atoms with Crippen molar-refractivity contribution >= 4 is 17.8 Å². The van der Waals surface area contributed by atoms with E-state index in [4.69, 9.17) is 4.74 Å². The molecule has 0 amide bonds. The lowest BCUT2D eigenvalue weighted by atomic mass is 9.90. The van der Waals surface area contributed by atoms with Crippen LogP contribution in [0.15, 0.2) is 72.3 Å². The molecule has 0 N–H and O–H groups in total. The second-order valence-corrected chi connectivity index (χ2v) is 5.28. The van der Waals surface area contributed by atoms with E-state index in [0.717, 1.165) is 29.6 Å². The van der Waals surface area contributed by atoms with Crippen molar-refractivity contribution in [3.05, 3.63) is 83.4 Å². The highest BCUT2D eigenvalue weighted by Gasteiger charge is 2.25. The second-order valence-electron chi connectivity index (χ2n) is 5.28. The van der Waals surface area contributed by atoms with E-state index in [9.17, 15) is 4.79 Å². The summed E-state index contributed by atoms with van der Waals surface area (Å²) in [6.07, 6.45) is 3.84. The van der Waals surface area contributed by atoms with Crippen LogP contribution in [0.4, 0.5) is 0 Å². The standard InChI is InChI=1S/C20H18O2/c1-2-15-13-19(16-9-5-3-6-10-16)22-20(18(15)14-21)17-11-7-4-8-12-17/h3-15H,2H2,1H3. The monoisotopic (exact) mass is 290 g/mol. The third-order valence-corrected chi connectivity index (χ3v) is 3.89. The minimum absolute atomic E-state index is 0.0802. The van der Waals surface area contributed by atoms with Gasteiger partial charge in [-0.2, -0.15) is 0 Å². The van der Waals surface area contributed by atoms with Crippen molar-refractivity contribution in [2.75, 3.05) is 0 Å². The van der Waals surface area contributed by atoms with E-state index in [1.54, 1.807) is 0 Å². The van der Waals surface area contributed by atoms with E-state index in [0.29, 0.717) is 11.3 Å². The van der Waals surface area contributed by atoms with Crippen molar-refractivity contribution in [1.82, 2.24) is 0 Å². The molecule has 0 radical (unpaired) electrons. The number of aldehydes is 1. The summed E-state index contributed by atoms with van der Waals surface area (Å²) in [4.78, 5) is 11.6. The summed E-state index contributed by atoms with van der Waals surface area (Å²) in [7, 11) is 0. The summed E-state index contributed by atoms with van der Waals surface area (Å²) >= 11 is 0. The molecule has 3 rings (SSSR count). The van der Waals surface area contributed by atoms with Crippen LogP contribution in [-0.2, 0) is 9.53 Å². The molecule has 2 aromatic carbocycles. The van der Waals surface area contributed by atoms with E-state index in [-0.39, 0.29) is 5.92 Å². The van der Waals surface area contributed by atoms with E-state index in [1.165, 1.54) is 0 Å². The van der Waals surface area contributed by atoms with Gasteiger partial charge in [0.25, 0.3) is 0 Å². The summed E-state index contributed by atoms with van der Waals surface area (Å²) in [5, 5.41) is 0. The first kappa shape index (κ1) is 14.3. The van der Waals surface area contributed by atoms with Crippen molar-refractivity contribution < 1.29 is 9.53 Å². The fourth-order valence-corrected chi connectivity index (χ4v) is 2.70. The summed E-state index contributed by atoms with van der Waals surface area (Å²) in [5.74, 6) is 1.57. The lowest BCUT2D eigenvalue weighted by Crippen LogP contribution is -2.13. The number of hydrogen-bond donors (Lipinski definition) is 0.